The number of ether oxygens (including phenoxy) is 1. The summed E-state index contributed by atoms with van der Waals surface area (Å²) < 4.78 is 5.21. The van der Waals surface area contributed by atoms with E-state index < -0.39 is 0 Å². The van der Waals surface area contributed by atoms with E-state index in [-0.39, 0.29) is 0 Å². The molecule has 0 atom stereocenters. The van der Waals surface area contributed by atoms with Gasteiger partial charge in [0, 0.05) is 24.4 Å². The molecule has 0 aliphatic rings. The Bertz CT molecular complexity index is 572. The number of nitrogens with one attached hydrogen (secondary N) is 2. The van der Waals surface area contributed by atoms with E-state index in [0.717, 1.165) is 41.9 Å². The molecule has 1 heterocycles. The number of benzene rings is 1. The van der Waals surface area contributed by atoms with E-state index in [1.165, 1.54) is 0 Å². The quantitative estimate of drug-likeness (QED) is 0.844. The lowest BCUT2D eigenvalue weighted by molar-refractivity contribution is 0.415. The zero-order valence-corrected chi connectivity index (χ0v) is 12.1. The predicted octanol–water partition coefficient (Wildman–Crippen LogP) is 3.36. The van der Waals surface area contributed by atoms with E-state index >= 15 is 0 Å². The van der Waals surface area contributed by atoms with Crippen LogP contribution in [0.4, 0.5) is 17.3 Å². The Hall–Kier alpha value is -2.30. The number of aryl methyl sites for hydroxylation is 1. The molecule has 0 aliphatic carbocycles. The second kappa shape index (κ2) is 6.75. The summed E-state index contributed by atoms with van der Waals surface area (Å²) in [6.45, 7) is 4.90. The van der Waals surface area contributed by atoms with Gasteiger partial charge in [-0.05, 0) is 25.5 Å². The zero-order chi connectivity index (χ0) is 14.4. The molecule has 1 aromatic heterocycles. The van der Waals surface area contributed by atoms with Crippen LogP contribution < -0.4 is 15.4 Å². The summed E-state index contributed by atoms with van der Waals surface area (Å²) in [6.07, 6.45) is 1.06. The standard InChI is InChI=1S/C15H20N4O/c1-4-8-16-14-10-15(18-11(2)17-14)19-12-6-5-7-13(9-12)20-3/h5-7,9-10H,4,8H2,1-3H3,(H2,16,17,18,19). The molecule has 5 nitrogen and oxygen atoms in total. The number of anilines is 3. The van der Waals surface area contributed by atoms with Crippen molar-refractivity contribution in [2.24, 2.45) is 0 Å². The molecule has 106 valence electrons. The normalized spacial score (nSPS) is 10.2. The van der Waals surface area contributed by atoms with Crippen LogP contribution >= 0.6 is 0 Å². The van der Waals surface area contributed by atoms with Crippen molar-refractivity contribution in [2.75, 3.05) is 24.3 Å². The van der Waals surface area contributed by atoms with Crippen molar-refractivity contribution in [3.63, 3.8) is 0 Å². The number of hydrogen-bond acceptors (Lipinski definition) is 5. The molecule has 0 fully saturated rings. The average molecular weight is 272 g/mol. The fourth-order valence-corrected chi connectivity index (χ4v) is 1.82. The van der Waals surface area contributed by atoms with E-state index in [2.05, 4.69) is 27.5 Å². The van der Waals surface area contributed by atoms with Crippen molar-refractivity contribution in [1.82, 2.24) is 9.97 Å². The minimum atomic E-state index is 0.733. The summed E-state index contributed by atoms with van der Waals surface area (Å²) in [5, 5.41) is 6.53. The molecular weight excluding hydrogens is 252 g/mol. The molecular formula is C15H20N4O. The van der Waals surface area contributed by atoms with Gasteiger partial charge in [0.15, 0.2) is 0 Å². The summed E-state index contributed by atoms with van der Waals surface area (Å²) >= 11 is 0. The molecule has 20 heavy (non-hydrogen) atoms. The first-order valence-corrected chi connectivity index (χ1v) is 6.72. The minimum Gasteiger partial charge on any atom is -0.497 e. The van der Waals surface area contributed by atoms with Gasteiger partial charge in [-0.15, -0.1) is 0 Å². The molecule has 2 N–H and O–H groups in total. The van der Waals surface area contributed by atoms with Crippen LogP contribution in [-0.4, -0.2) is 23.6 Å². The van der Waals surface area contributed by atoms with Crippen LogP contribution in [-0.2, 0) is 0 Å². The molecule has 0 unspecified atom stereocenters. The highest BCUT2D eigenvalue weighted by Gasteiger charge is 2.03. The highest BCUT2D eigenvalue weighted by Crippen LogP contribution is 2.21. The lowest BCUT2D eigenvalue weighted by Crippen LogP contribution is -2.05. The van der Waals surface area contributed by atoms with E-state index in [0.29, 0.717) is 0 Å². The van der Waals surface area contributed by atoms with Crippen molar-refractivity contribution in [2.45, 2.75) is 20.3 Å². The van der Waals surface area contributed by atoms with Gasteiger partial charge in [0.1, 0.15) is 23.2 Å². The van der Waals surface area contributed by atoms with Crippen molar-refractivity contribution >= 4 is 17.3 Å². The number of hydrogen-bond donors (Lipinski definition) is 2. The van der Waals surface area contributed by atoms with Crippen LogP contribution in [0, 0.1) is 6.92 Å². The van der Waals surface area contributed by atoms with E-state index in [1.807, 2.05) is 37.3 Å². The molecule has 0 radical (unpaired) electrons. The summed E-state index contributed by atoms with van der Waals surface area (Å²) in [5.41, 5.74) is 0.934. The topological polar surface area (TPSA) is 59.1 Å². The van der Waals surface area contributed by atoms with E-state index in [4.69, 9.17) is 4.74 Å². The fraction of sp³-hybridized carbons (Fsp3) is 0.333. The van der Waals surface area contributed by atoms with Crippen LogP contribution in [0.15, 0.2) is 30.3 Å². The maximum Gasteiger partial charge on any atom is 0.136 e. The van der Waals surface area contributed by atoms with Crippen molar-refractivity contribution < 1.29 is 4.74 Å². The summed E-state index contributed by atoms with van der Waals surface area (Å²) in [5.74, 6) is 3.15. The van der Waals surface area contributed by atoms with Crippen molar-refractivity contribution in [3.05, 3.63) is 36.2 Å². The third-order valence-electron chi connectivity index (χ3n) is 2.74. The monoisotopic (exact) mass is 272 g/mol. The van der Waals surface area contributed by atoms with Gasteiger partial charge < -0.3 is 15.4 Å². The highest BCUT2D eigenvalue weighted by molar-refractivity contribution is 5.60. The van der Waals surface area contributed by atoms with Gasteiger partial charge >= 0.3 is 0 Å². The molecule has 0 saturated carbocycles. The number of methoxy groups -OCH3 is 1. The van der Waals surface area contributed by atoms with Crippen molar-refractivity contribution in [1.29, 1.82) is 0 Å². The lowest BCUT2D eigenvalue weighted by atomic mass is 10.3. The van der Waals surface area contributed by atoms with Crippen LogP contribution in [0.5, 0.6) is 5.75 Å². The molecule has 2 rings (SSSR count). The maximum atomic E-state index is 5.21. The van der Waals surface area contributed by atoms with Gasteiger partial charge in [-0.2, -0.15) is 0 Å². The Balaban J connectivity index is 2.17. The van der Waals surface area contributed by atoms with E-state index in [1.54, 1.807) is 7.11 Å². The second-order valence-corrected chi connectivity index (χ2v) is 4.47. The zero-order valence-electron chi connectivity index (χ0n) is 12.1. The molecule has 1 aromatic carbocycles. The first kappa shape index (κ1) is 14.1. The first-order chi connectivity index (χ1) is 9.71. The highest BCUT2D eigenvalue weighted by atomic mass is 16.5. The van der Waals surface area contributed by atoms with Crippen LogP contribution in [0.25, 0.3) is 0 Å². The first-order valence-electron chi connectivity index (χ1n) is 6.72. The Morgan fingerprint density at radius 2 is 1.95 bits per heavy atom. The summed E-state index contributed by atoms with van der Waals surface area (Å²) in [4.78, 5) is 8.75. The minimum absolute atomic E-state index is 0.733. The Kier molecular flexibility index (Phi) is 4.76. The number of rotatable bonds is 6. The fourth-order valence-electron chi connectivity index (χ4n) is 1.82. The SMILES string of the molecule is CCCNc1cc(Nc2cccc(OC)c2)nc(C)n1. The Labute approximate surface area is 119 Å². The third-order valence-corrected chi connectivity index (χ3v) is 2.74. The van der Waals surface area contributed by atoms with Gasteiger partial charge in [-0.25, -0.2) is 9.97 Å². The molecule has 0 amide bonds. The Morgan fingerprint density at radius 1 is 1.15 bits per heavy atom. The van der Waals surface area contributed by atoms with Crippen LogP contribution in [0.1, 0.15) is 19.2 Å². The lowest BCUT2D eigenvalue weighted by Gasteiger charge is -2.10. The predicted molar refractivity (Wildman–Crippen MR) is 81.8 cm³/mol. The van der Waals surface area contributed by atoms with Gasteiger partial charge in [-0.3, -0.25) is 0 Å². The van der Waals surface area contributed by atoms with Crippen LogP contribution in [0.2, 0.25) is 0 Å². The summed E-state index contributed by atoms with van der Waals surface area (Å²) in [7, 11) is 1.65. The van der Waals surface area contributed by atoms with Crippen molar-refractivity contribution in [3.8, 4) is 5.75 Å². The van der Waals surface area contributed by atoms with Gasteiger partial charge in [0.2, 0.25) is 0 Å². The number of aromatic nitrogens is 2. The average Bonchev–Trinajstić information content (AvgIpc) is 2.44. The largest absolute Gasteiger partial charge is 0.497 e. The summed E-state index contributed by atoms with van der Waals surface area (Å²) in [6, 6.07) is 9.65. The van der Waals surface area contributed by atoms with Gasteiger partial charge in [0.25, 0.3) is 0 Å². The van der Waals surface area contributed by atoms with E-state index in [9.17, 15) is 0 Å². The molecule has 0 bridgehead atoms. The molecule has 0 aliphatic heterocycles. The van der Waals surface area contributed by atoms with Gasteiger partial charge in [-0.1, -0.05) is 13.0 Å². The maximum absolute atomic E-state index is 5.21. The van der Waals surface area contributed by atoms with Gasteiger partial charge in [0.05, 0.1) is 7.11 Å². The third kappa shape index (κ3) is 3.85. The smallest absolute Gasteiger partial charge is 0.136 e. The van der Waals surface area contributed by atoms with Crippen LogP contribution in [0.3, 0.4) is 0 Å². The molecule has 0 saturated heterocycles. The molecule has 0 spiro atoms. The molecule has 5 heteroatoms. The molecule has 2 aromatic rings. The second-order valence-electron chi connectivity index (χ2n) is 4.47. The Morgan fingerprint density at radius 3 is 2.70 bits per heavy atom. The number of nitrogens with zero attached hydrogens (tertiary/aromatic N) is 2.